The monoisotopic (exact) mass is 270 g/mol. The van der Waals surface area contributed by atoms with Crippen LogP contribution in [0.1, 0.15) is 45.6 Å². The second kappa shape index (κ2) is 7.39. The van der Waals surface area contributed by atoms with Gasteiger partial charge in [-0.3, -0.25) is 4.98 Å². The molecule has 0 aliphatic carbocycles. The van der Waals surface area contributed by atoms with Gasteiger partial charge in [-0.2, -0.15) is 0 Å². The molecule has 20 heavy (non-hydrogen) atoms. The number of rotatable bonds is 7. The van der Waals surface area contributed by atoms with Gasteiger partial charge in [-0.25, -0.2) is 0 Å². The van der Waals surface area contributed by atoms with Gasteiger partial charge < -0.3 is 5.32 Å². The number of benzene rings is 1. The molecule has 1 aromatic heterocycles. The number of fused-ring (bicyclic) bond motifs is 1. The van der Waals surface area contributed by atoms with Gasteiger partial charge in [0.2, 0.25) is 0 Å². The van der Waals surface area contributed by atoms with Crippen LogP contribution in [0.25, 0.3) is 10.9 Å². The minimum absolute atomic E-state index is 0.582. The zero-order valence-electron chi connectivity index (χ0n) is 12.9. The molecular weight excluding hydrogens is 244 g/mol. The molecule has 1 N–H and O–H groups in total. The highest BCUT2D eigenvalue weighted by molar-refractivity contribution is 5.78. The number of hydrogen-bond donors (Lipinski definition) is 1. The molecule has 0 aliphatic rings. The van der Waals surface area contributed by atoms with E-state index in [4.69, 9.17) is 0 Å². The van der Waals surface area contributed by atoms with Crippen molar-refractivity contribution in [2.45, 2.75) is 52.6 Å². The third-order valence-electron chi connectivity index (χ3n) is 3.74. The van der Waals surface area contributed by atoms with Crippen molar-refractivity contribution < 1.29 is 0 Å². The summed E-state index contributed by atoms with van der Waals surface area (Å²) >= 11 is 0. The van der Waals surface area contributed by atoms with Crippen LogP contribution in [-0.2, 0) is 6.54 Å². The molecule has 2 rings (SSSR count). The van der Waals surface area contributed by atoms with Crippen LogP contribution in [0.2, 0.25) is 0 Å². The van der Waals surface area contributed by atoms with Crippen LogP contribution < -0.4 is 5.32 Å². The average molecular weight is 270 g/mol. The average Bonchev–Trinajstić information content (AvgIpc) is 2.44. The summed E-state index contributed by atoms with van der Waals surface area (Å²) in [7, 11) is 0. The van der Waals surface area contributed by atoms with Gasteiger partial charge in [0.05, 0.1) is 5.52 Å². The van der Waals surface area contributed by atoms with Gasteiger partial charge in [0, 0.05) is 24.2 Å². The third-order valence-corrected chi connectivity index (χ3v) is 3.74. The van der Waals surface area contributed by atoms with Crippen molar-refractivity contribution in [3.63, 3.8) is 0 Å². The third kappa shape index (κ3) is 4.61. The van der Waals surface area contributed by atoms with E-state index in [0.29, 0.717) is 6.04 Å². The summed E-state index contributed by atoms with van der Waals surface area (Å²) in [5.74, 6) is 0.815. The Labute approximate surface area is 122 Å². The van der Waals surface area contributed by atoms with E-state index in [2.05, 4.69) is 55.3 Å². The second-order valence-electron chi connectivity index (χ2n) is 6.14. The van der Waals surface area contributed by atoms with E-state index in [1.807, 2.05) is 12.3 Å². The Morgan fingerprint density at radius 1 is 1.10 bits per heavy atom. The lowest BCUT2D eigenvalue weighted by molar-refractivity contribution is 0.457. The molecule has 2 aromatic rings. The van der Waals surface area contributed by atoms with Crippen LogP contribution in [0.3, 0.4) is 0 Å². The number of aromatic nitrogens is 1. The molecule has 0 bridgehead atoms. The number of nitrogens with one attached hydrogen (secondary N) is 1. The minimum atomic E-state index is 0.582. The van der Waals surface area contributed by atoms with Crippen LogP contribution in [0.4, 0.5) is 0 Å². The highest BCUT2D eigenvalue weighted by atomic mass is 14.9. The number of hydrogen-bond acceptors (Lipinski definition) is 2. The van der Waals surface area contributed by atoms with E-state index in [9.17, 15) is 0 Å². The fourth-order valence-electron chi connectivity index (χ4n) is 2.46. The first-order chi connectivity index (χ1) is 9.65. The van der Waals surface area contributed by atoms with Crippen LogP contribution >= 0.6 is 0 Å². The highest BCUT2D eigenvalue weighted by Crippen LogP contribution is 2.14. The van der Waals surface area contributed by atoms with Crippen molar-refractivity contribution in [1.29, 1.82) is 0 Å². The Bertz CT molecular complexity index is 534. The van der Waals surface area contributed by atoms with E-state index in [1.54, 1.807) is 0 Å². The lowest BCUT2D eigenvalue weighted by Crippen LogP contribution is -2.25. The largest absolute Gasteiger partial charge is 0.310 e. The predicted molar refractivity (Wildman–Crippen MR) is 86.7 cm³/mol. The van der Waals surface area contributed by atoms with Crippen LogP contribution in [-0.4, -0.2) is 11.0 Å². The van der Waals surface area contributed by atoms with Crippen molar-refractivity contribution in [2.75, 3.05) is 0 Å². The molecule has 0 radical (unpaired) electrons. The van der Waals surface area contributed by atoms with Gasteiger partial charge in [0.1, 0.15) is 0 Å². The van der Waals surface area contributed by atoms with Crippen molar-refractivity contribution in [1.82, 2.24) is 10.3 Å². The molecule has 2 heteroatoms. The normalized spacial score (nSPS) is 13.0. The zero-order valence-corrected chi connectivity index (χ0v) is 12.9. The fraction of sp³-hybridized carbons (Fsp3) is 0.500. The van der Waals surface area contributed by atoms with Crippen LogP contribution in [0, 0.1) is 5.92 Å². The quantitative estimate of drug-likeness (QED) is 0.799. The first-order valence-electron chi connectivity index (χ1n) is 7.72. The van der Waals surface area contributed by atoms with Crippen molar-refractivity contribution in [2.24, 2.45) is 5.92 Å². The molecule has 1 unspecified atom stereocenters. The lowest BCUT2D eigenvalue weighted by Gasteiger charge is -2.14. The topological polar surface area (TPSA) is 24.9 Å². The van der Waals surface area contributed by atoms with Gasteiger partial charge in [0.15, 0.2) is 0 Å². The molecule has 0 aliphatic heterocycles. The van der Waals surface area contributed by atoms with Gasteiger partial charge in [0.25, 0.3) is 0 Å². The minimum Gasteiger partial charge on any atom is -0.310 e. The summed E-state index contributed by atoms with van der Waals surface area (Å²) in [6.45, 7) is 7.80. The molecule has 1 aromatic carbocycles. The Morgan fingerprint density at radius 3 is 2.75 bits per heavy atom. The first-order valence-corrected chi connectivity index (χ1v) is 7.72. The molecule has 1 heterocycles. The maximum absolute atomic E-state index is 4.35. The summed E-state index contributed by atoms with van der Waals surface area (Å²) < 4.78 is 0. The van der Waals surface area contributed by atoms with Gasteiger partial charge >= 0.3 is 0 Å². The molecular formula is C18H26N2. The summed E-state index contributed by atoms with van der Waals surface area (Å²) in [5.41, 5.74) is 2.41. The summed E-state index contributed by atoms with van der Waals surface area (Å²) in [5, 5.41) is 4.84. The Hall–Kier alpha value is -1.41. The van der Waals surface area contributed by atoms with E-state index in [-0.39, 0.29) is 0 Å². The molecule has 2 nitrogen and oxygen atoms in total. The maximum atomic E-state index is 4.35. The molecule has 1 atom stereocenters. The van der Waals surface area contributed by atoms with E-state index in [0.717, 1.165) is 18.0 Å². The van der Waals surface area contributed by atoms with Gasteiger partial charge in [-0.15, -0.1) is 0 Å². The summed E-state index contributed by atoms with van der Waals surface area (Å²) in [6, 6.07) is 11.2. The molecule has 0 saturated carbocycles. The molecule has 0 amide bonds. The number of pyridine rings is 1. The van der Waals surface area contributed by atoms with Crippen molar-refractivity contribution in [3.8, 4) is 0 Å². The van der Waals surface area contributed by atoms with E-state index >= 15 is 0 Å². The van der Waals surface area contributed by atoms with Gasteiger partial charge in [-0.05, 0) is 43.0 Å². The zero-order chi connectivity index (χ0) is 14.4. The predicted octanol–water partition coefficient (Wildman–Crippen LogP) is 4.54. The van der Waals surface area contributed by atoms with Crippen molar-refractivity contribution in [3.05, 3.63) is 42.1 Å². The fourth-order valence-corrected chi connectivity index (χ4v) is 2.46. The van der Waals surface area contributed by atoms with Crippen LogP contribution in [0.5, 0.6) is 0 Å². The molecule has 0 saturated heterocycles. The first kappa shape index (κ1) is 15.0. The Morgan fingerprint density at radius 2 is 1.95 bits per heavy atom. The molecule has 108 valence electrons. The van der Waals surface area contributed by atoms with Gasteiger partial charge in [-0.1, -0.05) is 38.8 Å². The SMILES string of the molecule is CC(C)CCCC(C)NCc1ccc2ncccc2c1. The lowest BCUT2D eigenvalue weighted by atomic mass is 10.0. The molecule has 0 fully saturated rings. The summed E-state index contributed by atoms with van der Waals surface area (Å²) in [4.78, 5) is 4.35. The standard InChI is InChI=1S/C18H26N2/c1-14(2)6-4-7-15(3)20-13-16-9-10-18-17(12-16)8-5-11-19-18/h5,8-12,14-15,20H,4,6-7,13H2,1-3H3. The second-order valence-corrected chi connectivity index (χ2v) is 6.14. The maximum Gasteiger partial charge on any atom is 0.0702 e. The van der Waals surface area contributed by atoms with Crippen LogP contribution in [0.15, 0.2) is 36.5 Å². The van der Waals surface area contributed by atoms with Crippen molar-refractivity contribution >= 4 is 10.9 Å². The highest BCUT2D eigenvalue weighted by Gasteiger charge is 2.03. The van der Waals surface area contributed by atoms with E-state index < -0.39 is 0 Å². The molecule has 0 spiro atoms. The Balaban J connectivity index is 1.83. The number of nitrogens with zero attached hydrogens (tertiary/aromatic N) is 1. The Kier molecular flexibility index (Phi) is 5.54. The van der Waals surface area contributed by atoms with E-state index in [1.165, 1.54) is 30.2 Å². The summed E-state index contributed by atoms with van der Waals surface area (Å²) in [6.07, 6.45) is 5.74. The smallest absolute Gasteiger partial charge is 0.0702 e.